The number of allylic oxidation sites excluding steroid dienone is 2. The Kier molecular flexibility index (Phi) is 25.9. The largest absolute Gasteiger partial charge is 0.300 e. The molecule has 0 saturated carbocycles. The summed E-state index contributed by atoms with van der Waals surface area (Å²) >= 11 is 0. The third kappa shape index (κ3) is 21.2. The maximum Gasteiger partial charge on any atom is 0.0822 e. The zero-order valence-electron chi connectivity index (χ0n) is 16.7. The third-order valence-corrected chi connectivity index (χ3v) is 3.47. The molecule has 0 saturated heterocycles. The Bertz CT molecular complexity index is 353. The molecule has 0 amide bonds. The molecule has 0 aromatic heterocycles. The second-order valence-corrected chi connectivity index (χ2v) is 5.72. The standard InChI is InChI=1S/C11H17N.C5H11O.C5H10.ClH/c1-3-12(4-2)10-11-8-6-5-7-9-11;1-2-3-4-5-6;1-4-5(2)3;/h5-9H,3-4,10H2,1-2H3;2-5H2,1H3;4H,1-3H3;1H. The van der Waals surface area contributed by atoms with Crippen molar-refractivity contribution in [3.63, 3.8) is 0 Å². The van der Waals surface area contributed by atoms with Crippen molar-refractivity contribution < 1.29 is 5.11 Å². The molecule has 0 aliphatic carbocycles. The Hall–Kier alpha value is -0.830. The molecule has 0 spiro atoms. The van der Waals surface area contributed by atoms with Crippen molar-refractivity contribution in [3.8, 4) is 0 Å². The highest BCUT2D eigenvalue weighted by Crippen LogP contribution is 2.02. The fraction of sp³-hybridized carbons (Fsp3) is 0.619. The van der Waals surface area contributed by atoms with Crippen LogP contribution in [0.2, 0.25) is 0 Å². The van der Waals surface area contributed by atoms with Gasteiger partial charge in [0.05, 0.1) is 6.61 Å². The number of hydrogen-bond acceptors (Lipinski definition) is 1. The summed E-state index contributed by atoms with van der Waals surface area (Å²) in [6.45, 7) is 16.1. The van der Waals surface area contributed by atoms with Crippen molar-refractivity contribution in [2.75, 3.05) is 19.7 Å². The molecule has 0 heterocycles. The highest BCUT2D eigenvalue weighted by atomic mass is 35.5. The van der Waals surface area contributed by atoms with Gasteiger partial charge in [0.25, 0.3) is 0 Å². The first-order valence-electron chi connectivity index (χ1n) is 8.99. The minimum Gasteiger partial charge on any atom is -0.300 e. The normalized spacial score (nSPS) is 9.00. The molecule has 24 heavy (non-hydrogen) atoms. The Balaban J connectivity index is -0.000000313. The second kappa shape index (κ2) is 22.2. The van der Waals surface area contributed by atoms with Gasteiger partial charge in [-0.25, -0.2) is 5.11 Å². The molecule has 0 fully saturated rings. The number of unbranched alkanes of at least 4 members (excludes halogenated alkanes) is 2. The molecule has 1 rings (SSSR count). The van der Waals surface area contributed by atoms with E-state index in [9.17, 15) is 5.11 Å². The van der Waals surface area contributed by atoms with Gasteiger partial charge in [0.1, 0.15) is 0 Å². The van der Waals surface area contributed by atoms with E-state index in [0.29, 0.717) is 0 Å². The number of nitrogens with zero attached hydrogens (tertiary/aromatic N) is 1. The quantitative estimate of drug-likeness (QED) is 0.402. The highest BCUT2D eigenvalue weighted by molar-refractivity contribution is 5.85. The van der Waals surface area contributed by atoms with Crippen molar-refractivity contribution in [2.45, 2.75) is 67.3 Å². The summed E-state index contributed by atoms with van der Waals surface area (Å²) in [5.74, 6) is 0. The first-order chi connectivity index (χ1) is 11.0. The van der Waals surface area contributed by atoms with Gasteiger partial charge in [-0.05, 0) is 45.8 Å². The van der Waals surface area contributed by atoms with E-state index in [2.05, 4.69) is 75.9 Å². The van der Waals surface area contributed by atoms with E-state index in [-0.39, 0.29) is 19.0 Å². The summed E-state index contributed by atoms with van der Waals surface area (Å²) in [6, 6.07) is 10.6. The first kappa shape index (κ1) is 28.0. The fourth-order valence-corrected chi connectivity index (χ4v) is 1.64. The molecule has 141 valence electrons. The SMILES string of the molecule is CC=C(C)C.CCCCC[O].CCN(CC)Cc1ccccc1.Cl. The van der Waals surface area contributed by atoms with Crippen LogP contribution in [-0.2, 0) is 11.7 Å². The highest BCUT2D eigenvalue weighted by Gasteiger charge is 1.98. The lowest BCUT2D eigenvalue weighted by Crippen LogP contribution is -2.21. The minimum absolute atomic E-state index is 0. The van der Waals surface area contributed by atoms with Crippen molar-refractivity contribution >= 4 is 12.4 Å². The van der Waals surface area contributed by atoms with Crippen molar-refractivity contribution in [1.29, 1.82) is 0 Å². The average Bonchev–Trinajstić information content (AvgIpc) is 2.59. The lowest BCUT2D eigenvalue weighted by atomic mass is 10.2. The van der Waals surface area contributed by atoms with Gasteiger partial charge in [0, 0.05) is 6.54 Å². The van der Waals surface area contributed by atoms with Crippen molar-refractivity contribution in [3.05, 3.63) is 47.5 Å². The van der Waals surface area contributed by atoms with Crippen LogP contribution in [0.15, 0.2) is 42.0 Å². The van der Waals surface area contributed by atoms with E-state index in [1.165, 1.54) is 11.1 Å². The molecule has 0 unspecified atom stereocenters. The molecule has 0 N–H and O–H groups in total. The molecule has 1 radical (unpaired) electrons. The smallest absolute Gasteiger partial charge is 0.0822 e. The van der Waals surface area contributed by atoms with Crippen LogP contribution in [0.5, 0.6) is 0 Å². The lowest BCUT2D eigenvalue weighted by molar-refractivity contribution is 0.186. The Morgan fingerprint density at radius 2 is 1.50 bits per heavy atom. The Labute approximate surface area is 157 Å². The van der Waals surface area contributed by atoms with E-state index in [1.54, 1.807) is 0 Å². The van der Waals surface area contributed by atoms with Gasteiger partial charge in [0.2, 0.25) is 0 Å². The maximum absolute atomic E-state index is 9.69. The van der Waals surface area contributed by atoms with Gasteiger partial charge < -0.3 is 0 Å². The molecule has 0 aliphatic heterocycles. The Morgan fingerprint density at radius 1 is 1.00 bits per heavy atom. The number of benzene rings is 1. The van der Waals surface area contributed by atoms with Gasteiger partial charge in [-0.3, -0.25) is 4.90 Å². The summed E-state index contributed by atoms with van der Waals surface area (Å²) in [6.07, 6.45) is 5.20. The summed E-state index contributed by atoms with van der Waals surface area (Å²) < 4.78 is 0. The number of hydrogen-bond donors (Lipinski definition) is 0. The summed E-state index contributed by atoms with van der Waals surface area (Å²) in [5.41, 5.74) is 2.78. The molecule has 2 nitrogen and oxygen atoms in total. The molecular weight excluding hydrogens is 318 g/mol. The van der Waals surface area contributed by atoms with Gasteiger partial charge in [-0.1, -0.05) is 75.6 Å². The van der Waals surface area contributed by atoms with Crippen molar-refractivity contribution in [1.82, 2.24) is 4.90 Å². The van der Waals surface area contributed by atoms with Gasteiger partial charge in [-0.15, -0.1) is 12.4 Å². The number of halogens is 1. The van der Waals surface area contributed by atoms with Crippen LogP contribution in [-0.4, -0.2) is 24.6 Å². The van der Waals surface area contributed by atoms with Gasteiger partial charge >= 0.3 is 0 Å². The first-order valence-corrected chi connectivity index (χ1v) is 8.99. The van der Waals surface area contributed by atoms with Crippen LogP contribution in [0.1, 0.15) is 66.4 Å². The molecule has 0 bridgehead atoms. The second-order valence-electron chi connectivity index (χ2n) is 5.72. The minimum atomic E-state index is 0. The van der Waals surface area contributed by atoms with E-state index < -0.39 is 0 Å². The van der Waals surface area contributed by atoms with Crippen LogP contribution < -0.4 is 0 Å². The number of rotatable bonds is 7. The van der Waals surface area contributed by atoms with Crippen molar-refractivity contribution in [2.24, 2.45) is 0 Å². The van der Waals surface area contributed by atoms with Crippen LogP contribution in [0, 0.1) is 0 Å². The average molecular weight is 357 g/mol. The van der Waals surface area contributed by atoms with E-state index in [0.717, 1.165) is 38.9 Å². The molecular formula is C21H39ClNO. The predicted octanol–water partition coefficient (Wildman–Crippen LogP) is 6.53. The van der Waals surface area contributed by atoms with Crippen LogP contribution in [0.25, 0.3) is 0 Å². The summed E-state index contributed by atoms with van der Waals surface area (Å²) in [4.78, 5) is 2.41. The molecule has 1 aromatic rings. The fourth-order valence-electron chi connectivity index (χ4n) is 1.64. The van der Waals surface area contributed by atoms with Gasteiger partial charge in [0.15, 0.2) is 0 Å². The van der Waals surface area contributed by atoms with E-state index in [4.69, 9.17) is 0 Å². The Morgan fingerprint density at radius 3 is 1.79 bits per heavy atom. The van der Waals surface area contributed by atoms with Crippen LogP contribution >= 0.6 is 12.4 Å². The van der Waals surface area contributed by atoms with E-state index in [1.807, 2.05) is 6.92 Å². The maximum atomic E-state index is 9.69. The van der Waals surface area contributed by atoms with Crippen LogP contribution in [0.3, 0.4) is 0 Å². The molecule has 0 aliphatic rings. The molecule has 3 heteroatoms. The van der Waals surface area contributed by atoms with Gasteiger partial charge in [-0.2, -0.15) is 0 Å². The molecule has 0 atom stereocenters. The predicted molar refractivity (Wildman–Crippen MR) is 110 cm³/mol. The lowest BCUT2D eigenvalue weighted by Gasteiger charge is -2.17. The zero-order valence-corrected chi connectivity index (χ0v) is 17.5. The summed E-state index contributed by atoms with van der Waals surface area (Å²) in [7, 11) is 0. The van der Waals surface area contributed by atoms with Crippen LogP contribution in [0.4, 0.5) is 0 Å². The topological polar surface area (TPSA) is 23.1 Å². The monoisotopic (exact) mass is 356 g/mol. The zero-order chi connectivity index (χ0) is 17.9. The van der Waals surface area contributed by atoms with E-state index >= 15 is 0 Å². The third-order valence-electron chi connectivity index (χ3n) is 3.47. The molecule has 1 aromatic carbocycles. The summed E-state index contributed by atoms with van der Waals surface area (Å²) in [5, 5.41) is 9.69.